The molecule has 0 saturated carbocycles. The lowest BCUT2D eigenvalue weighted by Gasteiger charge is -2.17. The van der Waals surface area contributed by atoms with E-state index in [1.165, 1.54) is 0 Å². The number of hydrogen-bond donors (Lipinski definition) is 1. The van der Waals surface area contributed by atoms with E-state index in [-0.39, 0.29) is 21.3 Å². The molecule has 5 nitrogen and oxygen atoms in total. The summed E-state index contributed by atoms with van der Waals surface area (Å²) in [5, 5.41) is 11.3. The Kier molecular flexibility index (Phi) is 4.90. The van der Waals surface area contributed by atoms with E-state index in [1.54, 1.807) is 24.3 Å². The number of carbonyl (C=O) groups excluding carboxylic acids is 1. The van der Waals surface area contributed by atoms with Crippen molar-refractivity contribution in [2.24, 2.45) is 5.73 Å². The summed E-state index contributed by atoms with van der Waals surface area (Å²) in [6, 6.07) is 8.70. The van der Waals surface area contributed by atoms with Gasteiger partial charge in [0, 0.05) is 22.7 Å². The van der Waals surface area contributed by atoms with E-state index < -0.39 is 16.7 Å². The molecule has 114 valence electrons. The van der Waals surface area contributed by atoms with E-state index in [9.17, 15) is 14.9 Å². The van der Waals surface area contributed by atoms with Gasteiger partial charge in [-0.05, 0) is 17.7 Å². The van der Waals surface area contributed by atoms with Crippen LogP contribution >= 0.6 is 34.8 Å². The lowest BCUT2D eigenvalue weighted by molar-refractivity contribution is -0.384. The van der Waals surface area contributed by atoms with Gasteiger partial charge in [0.05, 0.1) is 20.9 Å². The molecule has 2 rings (SSSR count). The Bertz CT molecular complexity index is 724. The monoisotopic (exact) mass is 358 g/mol. The normalized spacial score (nSPS) is 12.0. The van der Waals surface area contributed by atoms with Crippen LogP contribution in [-0.2, 0) is 4.79 Å². The van der Waals surface area contributed by atoms with Crippen LogP contribution in [0.25, 0.3) is 0 Å². The molecule has 0 aliphatic carbocycles. The molecule has 0 aliphatic heterocycles. The van der Waals surface area contributed by atoms with E-state index in [4.69, 9.17) is 40.5 Å². The van der Waals surface area contributed by atoms with Gasteiger partial charge in [-0.2, -0.15) is 0 Å². The van der Waals surface area contributed by atoms with Gasteiger partial charge < -0.3 is 5.73 Å². The maximum atomic E-state index is 11.8. The van der Waals surface area contributed by atoms with Crippen LogP contribution in [0.3, 0.4) is 0 Å². The molecule has 2 N–H and O–H groups in total. The van der Waals surface area contributed by atoms with Crippen molar-refractivity contribution in [2.45, 2.75) is 5.92 Å². The van der Waals surface area contributed by atoms with Crippen LogP contribution in [-0.4, -0.2) is 10.8 Å². The van der Waals surface area contributed by atoms with Crippen molar-refractivity contribution in [1.82, 2.24) is 0 Å². The minimum Gasteiger partial charge on any atom is -0.369 e. The van der Waals surface area contributed by atoms with Crippen LogP contribution < -0.4 is 5.73 Å². The molecular formula is C14H9Cl3N2O3. The van der Waals surface area contributed by atoms with E-state index in [0.717, 1.165) is 12.1 Å². The Balaban J connectivity index is 2.61. The highest BCUT2D eigenvalue weighted by atomic mass is 35.5. The summed E-state index contributed by atoms with van der Waals surface area (Å²) < 4.78 is 0. The zero-order valence-corrected chi connectivity index (χ0v) is 13.2. The number of amides is 1. The second-order valence-electron chi connectivity index (χ2n) is 4.47. The molecule has 0 aliphatic rings. The molecule has 1 amide bonds. The van der Waals surface area contributed by atoms with Gasteiger partial charge in [0.25, 0.3) is 5.69 Å². The third kappa shape index (κ3) is 3.32. The predicted molar refractivity (Wildman–Crippen MR) is 85.6 cm³/mol. The largest absolute Gasteiger partial charge is 0.369 e. The summed E-state index contributed by atoms with van der Waals surface area (Å²) in [7, 11) is 0. The van der Waals surface area contributed by atoms with Gasteiger partial charge in [-0.3, -0.25) is 14.9 Å². The van der Waals surface area contributed by atoms with Crippen molar-refractivity contribution < 1.29 is 9.72 Å². The van der Waals surface area contributed by atoms with Crippen molar-refractivity contribution in [3.05, 3.63) is 72.7 Å². The number of non-ortho nitro benzene ring substituents is 1. The standard InChI is InChI=1S/C14H9Cl3N2O3/c15-8-3-1-7(2-4-8)12(14(18)20)13-10(16)5-9(19(21)22)6-11(13)17/h1-6,12H,(H2,18,20). The van der Waals surface area contributed by atoms with E-state index in [2.05, 4.69) is 0 Å². The summed E-state index contributed by atoms with van der Waals surface area (Å²) >= 11 is 18.0. The third-order valence-corrected chi connectivity index (χ3v) is 3.93. The Labute approximate surface area is 140 Å². The summed E-state index contributed by atoms with van der Waals surface area (Å²) in [6.45, 7) is 0. The van der Waals surface area contributed by atoms with Crippen molar-refractivity contribution in [2.75, 3.05) is 0 Å². The first-order valence-corrected chi connectivity index (χ1v) is 7.12. The minimum absolute atomic E-state index is 0.00190. The van der Waals surface area contributed by atoms with Gasteiger partial charge in [0.2, 0.25) is 5.91 Å². The second kappa shape index (κ2) is 6.52. The Hall–Kier alpha value is -1.82. The highest BCUT2D eigenvalue weighted by Gasteiger charge is 2.27. The number of nitrogens with zero attached hydrogens (tertiary/aromatic N) is 1. The Morgan fingerprint density at radius 3 is 2.00 bits per heavy atom. The Morgan fingerprint density at radius 2 is 1.59 bits per heavy atom. The fourth-order valence-corrected chi connectivity index (χ4v) is 2.90. The molecule has 2 aromatic rings. The van der Waals surface area contributed by atoms with Crippen LogP contribution in [0, 0.1) is 10.1 Å². The minimum atomic E-state index is -0.932. The molecule has 0 fully saturated rings. The maximum Gasteiger partial charge on any atom is 0.272 e. The first-order valence-electron chi connectivity index (χ1n) is 5.99. The molecule has 0 bridgehead atoms. The first-order chi connectivity index (χ1) is 10.3. The SMILES string of the molecule is NC(=O)C(c1ccc(Cl)cc1)c1c(Cl)cc([N+](=O)[O-])cc1Cl. The number of primary amides is 1. The average molecular weight is 360 g/mol. The number of nitrogens with two attached hydrogens (primary N) is 1. The fourth-order valence-electron chi connectivity index (χ4n) is 2.08. The van der Waals surface area contributed by atoms with Crippen LogP contribution in [0.1, 0.15) is 17.0 Å². The summed E-state index contributed by atoms with van der Waals surface area (Å²) in [4.78, 5) is 22.0. The van der Waals surface area contributed by atoms with Crippen LogP contribution in [0.15, 0.2) is 36.4 Å². The van der Waals surface area contributed by atoms with Crippen molar-refractivity contribution >= 4 is 46.4 Å². The van der Waals surface area contributed by atoms with Crippen molar-refractivity contribution in [3.8, 4) is 0 Å². The predicted octanol–water partition coefficient (Wildman–Crippen LogP) is 4.17. The lowest BCUT2D eigenvalue weighted by atomic mass is 9.90. The van der Waals surface area contributed by atoms with Crippen molar-refractivity contribution in [3.63, 3.8) is 0 Å². The van der Waals surface area contributed by atoms with Gasteiger partial charge in [-0.1, -0.05) is 46.9 Å². The van der Waals surface area contributed by atoms with Crippen LogP contribution in [0.5, 0.6) is 0 Å². The van der Waals surface area contributed by atoms with Gasteiger partial charge in [-0.15, -0.1) is 0 Å². The molecule has 22 heavy (non-hydrogen) atoms. The number of rotatable bonds is 4. The number of halogens is 3. The van der Waals surface area contributed by atoms with Gasteiger partial charge in [0.15, 0.2) is 0 Å². The molecular weight excluding hydrogens is 351 g/mol. The number of nitro benzene ring substituents is 1. The summed E-state index contributed by atoms with van der Waals surface area (Å²) in [5.41, 5.74) is 5.95. The number of benzene rings is 2. The molecule has 0 heterocycles. The molecule has 0 saturated heterocycles. The second-order valence-corrected chi connectivity index (χ2v) is 5.72. The topological polar surface area (TPSA) is 86.2 Å². The molecule has 2 aromatic carbocycles. The molecule has 1 atom stereocenters. The molecule has 0 aromatic heterocycles. The highest BCUT2D eigenvalue weighted by molar-refractivity contribution is 6.37. The third-order valence-electron chi connectivity index (χ3n) is 3.05. The quantitative estimate of drug-likeness (QED) is 0.656. The Morgan fingerprint density at radius 1 is 1.09 bits per heavy atom. The zero-order chi connectivity index (χ0) is 16.4. The summed E-state index contributed by atoms with van der Waals surface area (Å²) in [6.07, 6.45) is 0. The summed E-state index contributed by atoms with van der Waals surface area (Å²) in [5.74, 6) is -1.61. The van der Waals surface area contributed by atoms with Crippen LogP contribution in [0.2, 0.25) is 15.1 Å². The fraction of sp³-hybridized carbons (Fsp3) is 0.0714. The number of hydrogen-bond acceptors (Lipinski definition) is 3. The van der Waals surface area contributed by atoms with Gasteiger partial charge in [0.1, 0.15) is 0 Å². The van der Waals surface area contributed by atoms with Crippen molar-refractivity contribution in [1.29, 1.82) is 0 Å². The molecule has 1 unspecified atom stereocenters. The van der Waals surface area contributed by atoms with E-state index in [0.29, 0.717) is 10.6 Å². The maximum absolute atomic E-state index is 11.8. The van der Waals surface area contributed by atoms with E-state index >= 15 is 0 Å². The molecule has 0 spiro atoms. The average Bonchev–Trinajstić information content (AvgIpc) is 2.43. The van der Waals surface area contributed by atoms with Gasteiger partial charge >= 0.3 is 0 Å². The smallest absolute Gasteiger partial charge is 0.272 e. The molecule has 8 heteroatoms. The first kappa shape index (κ1) is 16.5. The number of carbonyl (C=O) groups is 1. The van der Waals surface area contributed by atoms with Gasteiger partial charge in [-0.25, -0.2) is 0 Å². The number of nitro groups is 1. The molecule has 0 radical (unpaired) electrons. The van der Waals surface area contributed by atoms with Crippen LogP contribution in [0.4, 0.5) is 5.69 Å². The zero-order valence-electron chi connectivity index (χ0n) is 10.9. The lowest BCUT2D eigenvalue weighted by Crippen LogP contribution is -2.23. The highest BCUT2D eigenvalue weighted by Crippen LogP contribution is 2.38. The van der Waals surface area contributed by atoms with E-state index in [1.807, 2.05) is 0 Å².